The summed E-state index contributed by atoms with van der Waals surface area (Å²) in [5.41, 5.74) is 2.21. The molecule has 0 N–H and O–H groups in total. The average Bonchev–Trinajstić information content (AvgIpc) is 2.42. The van der Waals surface area contributed by atoms with E-state index in [0.29, 0.717) is 0 Å². The molecule has 2 heteroatoms. The van der Waals surface area contributed by atoms with Gasteiger partial charge in [0, 0.05) is 5.56 Å². The van der Waals surface area contributed by atoms with E-state index in [4.69, 9.17) is 9.47 Å². The molecule has 0 bridgehead atoms. The fraction of sp³-hybridized carbons (Fsp3) is 0.176. The van der Waals surface area contributed by atoms with Crippen molar-refractivity contribution in [1.82, 2.24) is 0 Å². The van der Waals surface area contributed by atoms with Crippen LogP contribution in [0.1, 0.15) is 19.4 Å². The van der Waals surface area contributed by atoms with Crippen LogP contribution < -0.4 is 4.74 Å². The van der Waals surface area contributed by atoms with Crippen LogP contribution in [0, 0.1) is 0 Å². The number of benzene rings is 2. The smallest absolute Gasteiger partial charge is 0.127 e. The Balaban J connectivity index is 2.17. The van der Waals surface area contributed by atoms with E-state index in [2.05, 4.69) is 0 Å². The molecule has 2 aromatic rings. The molecule has 0 aliphatic rings. The van der Waals surface area contributed by atoms with Crippen molar-refractivity contribution in [3.63, 3.8) is 0 Å². The van der Waals surface area contributed by atoms with Crippen LogP contribution in [0.4, 0.5) is 0 Å². The Bertz CT molecular complexity index is 550. The topological polar surface area (TPSA) is 18.5 Å². The molecule has 0 aromatic heterocycles. The van der Waals surface area contributed by atoms with Crippen molar-refractivity contribution in [3.8, 4) is 11.5 Å². The van der Waals surface area contributed by atoms with Crippen LogP contribution in [-0.2, 0) is 4.74 Å². The molecule has 98 valence electrons. The predicted octanol–water partition coefficient (Wildman–Crippen LogP) is 4.88. The van der Waals surface area contributed by atoms with Gasteiger partial charge >= 0.3 is 0 Å². The number of hydrogen-bond acceptors (Lipinski definition) is 2. The Morgan fingerprint density at radius 3 is 1.89 bits per heavy atom. The van der Waals surface area contributed by atoms with Gasteiger partial charge in [0.25, 0.3) is 0 Å². The second-order valence-electron chi connectivity index (χ2n) is 4.47. The Morgan fingerprint density at radius 1 is 0.789 bits per heavy atom. The molecular weight excluding hydrogens is 236 g/mol. The lowest BCUT2D eigenvalue weighted by Crippen LogP contribution is -1.90. The third kappa shape index (κ3) is 3.38. The molecule has 0 atom stereocenters. The summed E-state index contributed by atoms with van der Waals surface area (Å²) < 4.78 is 11.1. The minimum atomic E-state index is 0.819. The first-order valence-corrected chi connectivity index (χ1v) is 6.25. The maximum absolute atomic E-state index is 5.75. The zero-order valence-electron chi connectivity index (χ0n) is 11.5. The molecular formula is C17H18O2. The standard InChI is InChI=1S/C17H18O2/c1-13(2)17(18-3)14-9-11-16(12-10-14)19-15-7-5-4-6-8-15/h4-12H,1-3H3. The van der Waals surface area contributed by atoms with Crippen molar-refractivity contribution in [1.29, 1.82) is 0 Å². The van der Waals surface area contributed by atoms with Gasteiger partial charge in [0.15, 0.2) is 0 Å². The fourth-order valence-electron chi connectivity index (χ4n) is 1.91. The molecule has 0 amide bonds. The van der Waals surface area contributed by atoms with Gasteiger partial charge in [-0.2, -0.15) is 0 Å². The van der Waals surface area contributed by atoms with Gasteiger partial charge in [0.05, 0.1) is 7.11 Å². The number of para-hydroxylation sites is 1. The van der Waals surface area contributed by atoms with Gasteiger partial charge in [0.2, 0.25) is 0 Å². The summed E-state index contributed by atoms with van der Waals surface area (Å²) in [4.78, 5) is 0. The molecule has 0 saturated heterocycles. The third-order valence-corrected chi connectivity index (χ3v) is 2.75. The first-order chi connectivity index (χ1) is 9.20. The number of methoxy groups -OCH3 is 1. The summed E-state index contributed by atoms with van der Waals surface area (Å²) in [7, 11) is 1.69. The SMILES string of the molecule is COC(=C(C)C)c1ccc(Oc2ccccc2)cc1. The maximum atomic E-state index is 5.75. The Morgan fingerprint density at radius 2 is 1.37 bits per heavy atom. The van der Waals surface area contributed by atoms with Crippen LogP contribution in [0.2, 0.25) is 0 Å². The van der Waals surface area contributed by atoms with Crippen molar-refractivity contribution >= 4 is 5.76 Å². The zero-order valence-corrected chi connectivity index (χ0v) is 11.5. The van der Waals surface area contributed by atoms with E-state index in [-0.39, 0.29) is 0 Å². The molecule has 0 heterocycles. The van der Waals surface area contributed by atoms with Gasteiger partial charge in [-0.3, -0.25) is 0 Å². The second kappa shape index (κ2) is 6.10. The fourth-order valence-corrected chi connectivity index (χ4v) is 1.91. The van der Waals surface area contributed by atoms with Crippen LogP contribution in [0.25, 0.3) is 5.76 Å². The molecule has 0 saturated carbocycles. The molecule has 0 aliphatic heterocycles. The van der Waals surface area contributed by atoms with Crippen molar-refractivity contribution in [3.05, 3.63) is 65.7 Å². The number of hydrogen-bond donors (Lipinski definition) is 0. The van der Waals surface area contributed by atoms with Gasteiger partial charge in [-0.1, -0.05) is 18.2 Å². The van der Waals surface area contributed by atoms with Crippen LogP contribution >= 0.6 is 0 Å². The molecule has 2 rings (SSSR count). The molecule has 0 radical (unpaired) electrons. The second-order valence-corrected chi connectivity index (χ2v) is 4.47. The van der Waals surface area contributed by atoms with Gasteiger partial charge in [-0.05, 0) is 55.8 Å². The highest BCUT2D eigenvalue weighted by atomic mass is 16.5. The zero-order chi connectivity index (χ0) is 13.7. The first kappa shape index (κ1) is 13.2. The van der Waals surface area contributed by atoms with Crippen LogP contribution in [-0.4, -0.2) is 7.11 Å². The van der Waals surface area contributed by atoms with Crippen molar-refractivity contribution in [2.75, 3.05) is 7.11 Å². The van der Waals surface area contributed by atoms with E-state index < -0.39 is 0 Å². The highest BCUT2D eigenvalue weighted by Crippen LogP contribution is 2.25. The molecule has 0 unspecified atom stereocenters. The number of allylic oxidation sites excluding steroid dienone is 1. The lowest BCUT2D eigenvalue weighted by molar-refractivity contribution is 0.366. The highest BCUT2D eigenvalue weighted by Gasteiger charge is 2.04. The van der Waals surface area contributed by atoms with E-state index >= 15 is 0 Å². The molecule has 19 heavy (non-hydrogen) atoms. The van der Waals surface area contributed by atoms with Gasteiger partial charge in [-0.15, -0.1) is 0 Å². The summed E-state index contributed by atoms with van der Waals surface area (Å²) in [5.74, 6) is 2.56. The van der Waals surface area contributed by atoms with E-state index in [1.807, 2.05) is 68.4 Å². The van der Waals surface area contributed by atoms with E-state index in [1.165, 1.54) is 0 Å². The van der Waals surface area contributed by atoms with Crippen molar-refractivity contribution in [2.45, 2.75) is 13.8 Å². The number of rotatable bonds is 4. The van der Waals surface area contributed by atoms with Crippen LogP contribution in [0.3, 0.4) is 0 Å². The molecule has 0 fully saturated rings. The van der Waals surface area contributed by atoms with E-state index in [1.54, 1.807) is 7.11 Å². The summed E-state index contributed by atoms with van der Waals surface area (Å²) in [5, 5.41) is 0. The first-order valence-electron chi connectivity index (χ1n) is 6.25. The van der Waals surface area contributed by atoms with E-state index in [0.717, 1.165) is 28.4 Å². The minimum absolute atomic E-state index is 0.819. The maximum Gasteiger partial charge on any atom is 0.127 e. The quantitative estimate of drug-likeness (QED) is 0.724. The van der Waals surface area contributed by atoms with Crippen molar-refractivity contribution < 1.29 is 9.47 Å². The monoisotopic (exact) mass is 254 g/mol. The van der Waals surface area contributed by atoms with Gasteiger partial charge < -0.3 is 9.47 Å². The highest BCUT2D eigenvalue weighted by molar-refractivity contribution is 5.62. The van der Waals surface area contributed by atoms with Crippen LogP contribution in [0.15, 0.2) is 60.2 Å². The lowest BCUT2D eigenvalue weighted by atomic mass is 10.1. The van der Waals surface area contributed by atoms with E-state index in [9.17, 15) is 0 Å². The lowest BCUT2D eigenvalue weighted by Gasteiger charge is -2.10. The number of ether oxygens (including phenoxy) is 2. The summed E-state index contributed by atoms with van der Waals surface area (Å²) in [6, 6.07) is 17.7. The molecule has 0 spiro atoms. The molecule has 0 aliphatic carbocycles. The summed E-state index contributed by atoms with van der Waals surface area (Å²) >= 11 is 0. The summed E-state index contributed by atoms with van der Waals surface area (Å²) in [6.07, 6.45) is 0. The molecule has 2 aromatic carbocycles. The Labute approximate surface area is 114 Å². The molecule has 2 nitrogen and oxygen atoms in total. The normalized spacial score (nSPS) is 9.84. The van der Waals surface area contributed by atoms with Crippen LogP contribution in [0.5, 0.6) is 11.5 Å². The average molecular weight is 254 g/mol. The minimum Gasteiger partial charge on any atom is -0.496 e. The largest absolute Gasteiger partial charge is 0.496 e. The third-order valence-electron chi connectivity index (χ3n) is 2.75. The Kier molecular flexibility index (Phi) is 4.24. The summed E-state index contributed by atoms with van der Waals surface area (Å²) in [6.45, 7) is 4.07. The van der Waals surface area contributed by atoms with Gasteiger partial charge in [-0.25, -0.2) is 0 Å². The van der Waals surface area contributed by atoms with Gasteiger partial charge in [0.1, 0.15) is 17.3 Å². The van der Waals surface area contributed by atoms with Crippen molar-refractivity contribution in [2.24, 2.45) is 0 Å². The Hall–Kier alpha value is -2.22. The predicted molar refractivity (Wildman–Crippen MR) is 78.2 cm³/mol.